The Morgan fingerprint density at radius 2 is 1.57 bits per heavy atom. The molecule has 0 fully saturated rings. The first-order valence-electron chi connectivity index (χ1n) is 9.77. The Hall–Kier alpha value is -3.67. The minimum Gasteiger partial charge on any atom is -0.338 e. The second-order valence-electron chi connectivity index (χ2n) is 6.85. The maximum atomic E-state index is 13.2. The number of hydrogen-bond acceptors (Lipinski definition) is 2. The third kappa shape index (κ3) is 5.67. The van der Waals surface area contributed by atoms with Gasteiger partial charge in [-0.3, -0.25) is 4.79 Å². The van der Waals surface area contributed by atoms with Crippen molar-refractivity contribution >= 4 is 23.3 Å². The second kappa shape index (κ2) is 10.2. The number of urea groups is 1. The molecule has 0 unspecified atom stereocenters. The van der Waals surface area contributed by atoms with Crippen LogP contribution < -0.4 is 15.5 Å². The highest BCUT2D eigenvalue weighted by Gasteiger charge is 2.17. The average molecular weight is 405 g/mol. The molecule has 0 saturated heterocycles. The number of benzene rings is 3. The number of rotatable bonds is 7. The van der Waals surface area contributed by atoms with Crippen LogP contribution in [0.4, 0.5) is 20.6 Å². The first-order chi connectivity index (χ1) is 14.5. The summed E-state index contributed by atoms with van der Waals surface area (Å²) in [4.78, 5) is 26.7. The third-order valence-electron chi connectivity index (χ3n) is 4.64. The van der Waals surface area contributed by atoms with Crippen molar-refractivity contribution in [3.05, 3.63) is 95.8 Å². The molecule has 0 aliphatic carbocycles. The van der Waals surface area contributed by atoms with Crippen LogP contribution in [0.25, 0.3) is 0 Å². The fourth-order valence-corrected chi connectivity index (χ4v) is 3.02. The Bertz CT molecular complexity index is 991. The predicted molar refractivity (Wildman–Crippen MR) is 117 cm³/mol. The lowest BCUT2D eigenvalue weighted by Crippen LogP contribution is -2.35. The van der Waals surface area contributed by atoms with Crippen LogP contribution in [0.3, 0.4) is 0 Å². The van der Waals surface area contributed by atoms with E-state index in [-0.39, 0.29) is 17.8 Å². The molecule has 5 nitrogen and oxygen atoms in total. The molecule has 154 valence electrons. The van der Waals surface area contributed by atoms with Gasteiger partial charge in [0.15, 0.2) is 0 Å². The fourth-order valence-electron chi connectivity index (χ4n) is 3.02. The molecule has 0 saturated carbocycles. The van der Waals surface area contributed by atoms with Gasteiger partial charge in [-0.15, -0.1) is 0 Å². The number of amides is 3. The molecular weight excluding hydrogens is 381 g/mol. The molecule has 0 aromatic heterocycles. The molecule has 0 heterocycles. The standard InChI is InChI=1S/C24H24FN3O2/c1-18-8-5-6-11-22(18)27-24(30)26-16-7-17-28(21-9-3-2-4-10-21)23(29)19-12-14-20(25)15-13-19/h2-6,8-15H,7,16-17H2,1H3,(H2,26,27,30). The molecule has 3 rings (SSSR count). The predicted octanol–water partition coefficient (Wildman–Crippen LogP) is 4.99. The van der Waals surface area contributed by atoms with Gasteiger partial charge < -0.3 is 15.5 Å². The normalized spacial score (nSPS) is 10.3. The van der Waals surface area contributed by atoms with E-state index in [1.165, 1.54) is 24.3 Å². The Balaban J connectivity index is 1.59. The van der Waals surface area contributed by atoms with Gasteiger partial charge in [-0.1, -0.05) is 36.4 Å². The van der Waals surface area contributed by atoms with Gasteiger partial charge in [-0.25, -0.2) is 9.18 Å². The molecule has 3 amide bonds. The highest BCUT2D eigenvalue weighted by molar-refractivity contribution is 6.06. The Kier molecular flexibility index (Phi) is 7.16. The number of carbonyl (C=O) groups excluding carboxylic acids is 2. The SMILES string of the molecule is Cc1ccccc1NC(=O)NCCCN(C(=O)c1ccc(F)cc1)c1ccccc1. The number of anilines is 2. The molecule has 30 heavy (non-hydrogen) atoms. The Morgan fingerprint density at radius 1 is 0.900 bits per heavy atom. The van der Waals surface area contributed by atoms with Crippen LogP contribution in [0.15, 0.2) is 78.9 Å². The maximum absolute atomic E-state index is 13.2. The summed E-state index contributed by atoms with van der Waals surface area (Å²) in [5, 5.41) is 5.63. The highest BCUT2D eigenvalue weighted by Crippen LogP contribution is 2.18. The minimum atomic E-state index is -0.387. The topological polar surface area (TPSA) is 61.4 Å². The van der Waals surface area contributed by atoms with Crippen molar-refractivity contribution in [1.29, 1.82) is 0 Å². The average Bonchev–Trinajstić information content (AvgIpc) is 2.76. The number of carbonyl (C=O) groups is 2. The monoisotopic (exact) mass is 405 g/mol. The summed E-state index contributed by atoms with van der Waals surface area (Å²) in [6.07, 6.45) is 0.559. The maximum Gasteiger partial charge on any atom is 0.319 e. The van der Waals surface area contributed by atoms with Gasteiger partial charge in [0, 0.05) is 30.0 Å². The van der Waals surface area contributed by atoms with Crippen molar-refractivity contribution < 1.29 is 14.0 Å². The summed E-state index contributed by atoms with van der Waals surface area (Å²) in [5.41, 5.74) is 2.89. The van der Waals surface area contributed by atoms with Crippen LogP contribution in [-0.2, 0) is 0 Å². The molecule has 0 bridgehead atoms. The molecular formula is C24H24FN3O2. The van der Waals surface area contributed by atoms with Crippen LogP contribution >= 0.6 is 0 Å². The number of nitrogens with zero attached hydrogens (tertiary/aromatic N) is 1. The number of halogens is 1. The minimum absolute atomic E-state index is 0.217. The molecule has 3 aromatic carbocycles. The van der Waals surface area contributed by atoms with Crippen LogP contribution in [0, 0.1) is 12.7 Å². The number of aryl methyl sites for hydroxylation is 1. The van der Waals surface area contributed by atoms with E-state index in [1.54, 1.807) is 4.90 Å². The number of nitrogens with one attached hydrogen (secondary N) is 2. The van der Waals surface area contributed by atoms with Crippen molar-refractivity contribution in [2.45, 2.75) is 13.3 Å². The van der Waals surface area contributed by atoms with Crippen LogP contribution in [0.1, 0.15) is 22.3 Å². The summed E-state index contributed by atoms with van der Waals surface area (Å²) >= 11 is 0. The number of hydrogen-bond donors (Lipinski definition) is 2. The van der Waals surface area contributed by atoms with E-state index in [1.807, 2.05) is 61.5 Å². The van der Waals surface area contributed by atoms with E-state index in [4.69, 9.17) is 0 Å². The van der Waals surface area contributed by atoms with Gasteiger partial charge in [0.2, 0.25) is 0 Å². The van der Waals surface area contributed by atoms with E-state index < -0.39 is 0 Å². The summed E-state index contributed by atoms with van der Waals surface area (Å²) in [6, 6.07) is 22.0. The number of para-hydroxylation sites is 2. The van der Waals surface area contributed by atoms with Crippen molar-refractivity contribution in [3.63, 3.8) is 0 Å². The smallest absolute Gasteiger partial charge is 0.319 e. The summed E-state index contributed by atoms with van der Waals surface area (Å²) in [5.74, 6) is -0.604. The fraction of sp³-hybridized carbons (Fsp3) is 0.167. The van der Waals surface area contributed by atoms with Crippen LogP contribution in [0.5, 0.6) is 0 Å². The lowest BCUT2D eigenvalue weighted by molar-refractivity contribution is 0.0986. The Labute approximate surface area is 175 Å². The van der Waals surface area contributed by atoms with Gasteiger partial charge in [-0.2, -0.15) is 0 Å². The molecule has 0 atom stereocenters. The first-order valence-corrected chi connectivity index (χ1v) is 9.77. The van der Waals surface area contributed by atoms with Gasteiger partial charge in [-0.05, 0) is 61.4 Å². The van der Waals surface area contributed by atoms with E-state index in [0.717, 1.165) is 16.9 Å². The zero-order valence-corrected chi connectivity index (χ0v) is 16.8. The molecule has 0 radical (unpaired) electrons. The van der Waals surface area contributed by atoms with Gasteiger partial charge in [0.25, 0.3) is 5.91 Å². The summed E-state index contributed by atoms with van der Waals surface area (Å²) < 4.78 is 13.2. The molecule has 0 aliphatic heterocycles. The van der Waals surface area contributed by atoms with Crippen molar-refractivity contribution in [2.75, 3.05) is 23.3 Å². The lowest BCUT2D eigenvalue weighted by Gasteiger charge is -2.23. The van der Waals surface area contributed by atoms with Gasteiger partial charge in [0.1, 0.15) is 5.82 Å². The van der Waals surface area contributed by atoms with E-state index in [2.05, 4.69) is 10.6 Å². The van der Waals surface area contributed by atoms with E-state index in [9.17, 15) is 14.0 Å². The van der Waals surface area contributed by atoms with Crippen molar-refractivity contribution in [3.8, 4) is 0 Å². The first kappa shape index (κ1) is 21.0. The van der Waals surface area contributed by atoms with Gasteiger partial charge >= 0.3 is 6.03 Å². The Morgan fingerprint density at radius 3 is 2.27 bits per heavy atom. The third-order valence-corrected chi connectivity index (χ3v) is 4.64. The summed E-state index contributed by atoms with van der Waals surface area (Å²) in [6.45, 7) is 2.73. The zero-order valence-electron chi connectivity index (χ0n) is 16.8. The van der Waals surface area contributed by atoms with E-state index >= 15 is 0 Å². The highest BCUT2D eigenvalue weighted by atomic mass is 19.1. The quantitative estimate of drug-likeness (QED) is 0.544. The van der Waals surface area contributed by atoms with Crippen molar-refractivity contribution in [1.82, 2.24) is 5.32 Å². The second-order valence-corrected chi connectivity index (χ2v) is 6.85. The van der Waals surface area contributed by atoms with Gasteiger partial charge in [0.05, 0.1) is 0 Å². The molecule has 2 N–H and O–H groups in total. The lowest BCUT2D eigenvalue weighted by atomic mass is 10.1. The van der Waals surface area contributed by atoms with Crippen LogP contribution in [-0.4, -0.2) is 25.0 Å². The largest absolute Gasteiger partial charge is 0.338 e. The van der Waals surface area contributed by atoms with Crippen LogP contribution in [0.2, 0.25) is 0 Å². The molecule has 3 aromatic rings. The molecule has 6 heteroatoms. The molecule has 0 spiro atoms. The van der Waals surface area contributed by atoms with Crippen molar-refractivity contribution in [2.24, 2.45) is 0 Å². The zero-order chi connectivity index (χ0) is 21.3. The summed E-state index contributed by atoms with van der Waals surface area (Å²) in [7, 11) is 0. The molecule has 0 aliphatic rings. The van der Waals surface area contributed by atoms with E-state index in [0.29, 0.717) is 25.1 Å².